The molecule has 0 aliphatic heterocycles. The summed E-state index contributed by atoms with van der Waals surface area (Å²) in [5, 5.41) is 6.94. The van der Waals surface area contributed by atoms with Gasteiger partial charge in [-0.1, -0.05) is 20.3 Å². The molecule has 1 saturated carbocycles. The van der Waals surface area contributed by atoms with Gasteiger partial charge in [0.15, 0.2) is 5.96 Å². The largest absolute Gasteiger partial charge is 0.357 e. The number of rotatable bonds is 7. The molecule has 0 bridgehead atoms. The summed E-state index contributed by atoms with van der Waals surface area (Å²) in [6, 6.07) is 0. The maximum absolute atomic E-state index is 4.72. The zero-order chi connectivity index (χ0) is 16.0. The van der Waals surface area contributed by atoms with Gasteiger partial charge < -0.3 is 10.6 Å². The summed E-state index contributed by atoms with van der Waals surface area (Å²) in [4.78, 5) is 10.3. The predicted molar refractivity (Wildman–Crippen MR) is 95.4 cm³/mol. The first-order valence-corrected chi connectivity index (χ1v) is 9.34. The van der Waals surface area contributed by atoms with Crippen LogP contribution in [0.2, 0.25) is 0 Å². The Balaban J connectivity index is 1.92. The molecule has 1 aromatic heterocycles. The second-order valence-electron chi connectivity index (χ2n) is 6.86. The Labute approximate surface area is 138 Å². The van der Waals surface area contributed by atoms with Crippen molar-refractivity contribution in [3.8, 4) is 0 Å². The molecule has 2 rings (SSSR count). The fourth-order valence-corrected chi connectivity index (χ4v) is 3.94. The number of aryl methyl sites for hydroxylation is 1. The van der Waals surface area contributed by atoms with E-state index in [1.54, 1.807) is 11.3 Å². The third-order valence-corrected chi connectivity index (χ3v) is 5.38. The number of aliphatic imine (C=N–C) groups is 1. The van der Waals surface area contributed by atoms with Crippen molar-refractivity contribution >= 4 is 17.3 Å². The number of aromatic nitrogens is 1. The molecule has 1 aliphatic carbocycles. The van der Waals surface area contributed by atoms with Crippen LogP contribution in [0, 0.1) is 18.3 Å². The zero-order valence-corrected chi connectivity index (χ0v) is 15.2. The first-order chi connectivity index (χ1) is 10.5. The van der Waals surface area contributed by atoms with Crippen molar-refractivity contribution in [3.05, 3.63) is 16.1 Å². The van der Waals surface area contributed by atoms with Gasteiger partial charge >= 0.3 is 0 Å². The normalized spacial score (nSPS) is 17.4. The fourth-order valence-electron chi connectivity index (χ4n) is 3.24. The summed E-state index contributed by atoms with van der Waals surface area (Å²) < 4.78 is 0. The number of thiazole rings is 1. The van der Waals surface area contributed by atoms with Gasteiger partial charge in [-0.05, 0) is 44.4 Å². The molecule has 1 heterocycles. The van der Waals surface area contributed by atoms with E-state index in [9.17, 15) is 0 Å². The van der Waals surface area contributed by atoms with Gasteiger partial charge in [0.2, 0.25) is 0 Å². The van der Waals surface area contributed by atoms with E-state index in [0.717, 1.165) is 30.7 Å². The third kappa shape index (κ3) is 4.70. The molecule has 2 N–H and O–H groups in total. The minimum absolute atomic E-state index is 0.491. The average Bonchev–Trinajstić information content (AvgIpc) is 2.83. The third-order valence-electron chi connectivity index (χ3n) is 4.46. The van der Waals surface area contributed by atoms with Crippen LogP contribution >= 0.6 is 11.3 Å². The molecule has 0 spiro atoms. The lowest BCUT2D eigenvalue weighted by Crippen LogP contribution is -2.47. The highest BCUT2D eigenvalue weighted by Crippen LogP contribution is 2.45. The Kier molecular flexibility index (Phi) is 6.24. The van der Waals surface area contributed by atoms with Crippen molar-refractivity contribution in [2.24, 2.45) is 16.3 Å². The van der Waals surface area contributed by atoms with Crippen LogP contribution in [-0.2, 0) is 6.54 Å². The average molecular weight is 323 g/mol. The van der Waals surface area contributed by atoms with Gasteiger partial charge in [0, 0.05) is 18.0 Å². The number of nitrogens with one attached hydrogen (secondary N) is 2. The van der Waals surface area contributed by atoms with Gasteiger partial charge in [0.1, 0.15) is 0 Å². The maximum atomic E-state index is 4.72. The van der Waals surface area contributed by atoms with Crippen LogP contribution in [0.4, 0.5) is 0 Å². The molecule has 1 fully saturated rings. The van der Waals surface area contributed by atoms with Crippen molar-refractivity contribution in [2.45, 2.75) is 59.9 Å². The number of nitrogens with zero attached hydrogens (tertiary/aromatic N) is 2. The summed E-state index contributed by atoms with van der Waals surface area (Å²) in [6.07, 6.45) is 5.40. The van der Waals surface area contributed by atoms with Gasteiger partial charge in [0.05, 0.1) is 17.7 Å². The van der Waals surface area contributed by atoms with Crippen LogP contribution < -0.4 is 10.6 Å². The number of hydrogen-bond donors (Lipinski definition) is 2. The molecule has 0 saturated heterocycles. The number of guanidine groups is 1. The topological polar surface area (TPSA) is 49.3 Å². The first-order valence-electron chi connectivity index (χ1n) is 8.46. The summed E-state index contributed by atoms with van der Waals surface area (Å²) in [7, 11) is 0. The molecule has 0 aromatic carbocycles. The van der Waals surface area contributed by atoms with Gasteiger partial charge in [-0.15, -0.1) is 11.3 Å². The fraction of sp³-hybridized carbons (Fsp3) is 0.765. The predicted octanol–water partition coefficient (Wildman–Crippen LogP) is 3.72. The Bertz CT molecular complexity index is 489. The van der Waals surface area contributed by atoms with Gasteiger partial charge in [-0.3, -0.25) is 0 Å². The molecule has 124 valence electrons. The molecule has 1 aromatic rings. The standard InChI is InChI=1S/C17H30N4S/c1-5-18-16(19-10-15-14(4)21-12-22-15)20-11-17(7-6-8-17)9-13(2)3/h12-13H,5-11H2,1-4H3,(H2,18,19,20). The van der Waals surface area contributed by atoms with Crippen LogP contribution in [0.3, 0.4) is 0 Å². The van der Waals surface area contributed by atoms with Crippen LogP contribution in [-0.4, -0.2) is 24.0 Å². The van der Waals surface area contributed by atoms with E-state index in [1.807, 2.05) is 12.4 Å². The van der Waals surface area contributed by atoms with Gasteiger partial charge in [-0.25, -0.2) is 9.98 Å². The van der Waals surface area contributed by atoms with E-state index in [4.69, 9.17) is 4.99 Å². The Morgan fingerprint density at radius 2 is 2.18 bits per heavy atom. The van der Waals surface area contributed by atoms with E-state index >= 15 is 0 Å². The van der Waals surface area contributed by atoms with Crippen molar-refractivity contribution in [1.82, 2.24) is 15.6 Å². The van der Waals surface area contributed by atoms with E-state index in [1.165, 1.54) is 30.6 Å². The van der Waals surface area contributed by atoms with Crippen LogP contribution in [0.5, 0.6) is 0 Å². The monoisotopic (exact) mass is 322 g/mol. The summed E-state index contributed by atoms with van der Waals surface area (Å²) >= 11 is 1.68. The summed E-state index contributed by atoms with van der Waals surface area (Å²) in [6.45, 7) is 11.5. The molecule has 0 atom stereocenters. The van der Waals surface area contributed by atoms with Crippen molar-refractivity contribution in [3.63, 3.8) is 0 Å². The number of hydrogen-bond acceptors (Lipinski definition) is 3. The van der Waals surface area contributed by atoms with Crippen molar-refractivity contribution in [2.75, 3.05) is 13.1 Å². The molecule has 0 radical (unpaired) electrons. The Hall–Kier alpha value is -1.10. The van der Waals surface area contributed by atoms with E-state index in [2.05, 4.69) is 36.4 Å². The quantitative estimate of drug-likeness (QED) is 0.594. The molecule has 0 amide bonds. The lowest BCUT2D eigenvalue weighted by molar-refractivity contribution is 0.104. The molecule has 22 heavy (non-hydrogen) atoms. The van der Waals surface area contributed by atoms with E-state index in [-0.39, 0.29) is 0 Å². The van der Waals surface area contributed by atoms with E-state index < -0.39 is 0 Å². The minimum atomic E-state index is 0.491. The second-order valence-corrected chi connectivity index (χ2v) is 7.80. The highest BCUT2D eigenvalue weighted by atomic mass is 32.1. The van der Waals surface area contributed by atoms with Crippen LogP contribution in [0.15, 0.2) is 10.5 Å². The van der Waals surface area contributed by atoms with Crippen molar-refractivity contribution < 1.29 is 0 Å². The van der Waals surface area contributed by atoms with Gasteiger partial charge in [-0.2, -0.15) is 0 Å². The molecule has 0 unspecified atom stereocenters. The highest BCUT2D eigenvalue weighted by molar-refractivity contribution is 7.09. The smallest absolute Gasteiger partial charge is 0.191 e. The Morgan fingerprint density at radius 1 is 1.41 bits per heavy atom. The van der Waals surface area contributed by atoms with Gasteiger partial charge in [0.25, 0.3) is 0 Å². The van der Waals surface area contributed by atoms with Crippen LogP contribution in [0.25, 0.3) is 0 Å². The maximum Gasteiger partial charge on any atom is 0.191 e. The SMILES string of the molecule is CCNC(=NCc1scnc1C)NCC1(CC(C)C)CCC1. The summed E-state index contributed by atoms with van der Waals surface area (Å²) in [5.74, 6) is 1.70. The molecular formula is C17H30N4S. The minimum Gasteiger partial charge on any atom is -0.357 e. The van der Waals surface area contributed by atoms with Crippen LogP contribution in [0.1, 0.15) is 57.0 Å². The van der Waals surface area contributed by atoms with E-state index in [0.29, 0.717) is 12.0 Å². The Morgan fingerprint density at radius 3 is 2.68 bits per heavy atom. The molecule has 1 aliphatic rings. The second kappa shape index (κ2) is 7.95. The molecule has 4 nitrogen and oxygen atoms in total. The zero-order valence-electron chi connectivity index (χ0n) is 14.4. The first kappa shape index (κ1) is 17.3. The highest BCUT2D eigenvalue weighted by Gasteiger charge is 2.37. The lowest BCUT2D eigenvalue weighted by Gasteiger charge is -2.43. The molecule has 5 heteroatoms. The lowest BCUT2D eigenvalue weighted by atomic mass is 9.64. The summed E-state index contributed by atoms with van der Waals surface area (Å²) in [5.41, 5.74) is 3.48. The van der Waals surface area contributed by atoms with Crippen molar-refractivity contribution in [1.29, 1.82) is 0 Å². The molecular weight excluding hydrogens is 292 g/mol.